The Hall–Kier alpha value is -0.940. The van der Waals surface area contributed by atoms with E-state index in [-0.39, 0.29) is 0 Å². The maximum absolute atomic E-state index is 10.1. The Morgan fingerprint density at radius 1 is 1.06 bits per heavy atom. The van der Waals surface area contributed by atoms with Crippen LogP contribution in [-0.4, -0.2) is 40.2 Å². The van der Waals surface area contributed by atoms with Crippen molar-refractivity contribution in [1.82, 2.24) is 0 Å². The van der Waals surface area contributed by atoms with Crippen LogP contribution in [-0.2, 0) is 0 Å². The Morgan fingerprint density at radius 2 is 1.56 bits per heavy atom. The minimum Gasteiger partial charge on any atom is -0.395 e. The molecule has 90 valence electrons. The van der Waals surface area contributed by atoms with Gasteiger partial charge in [-0.15, -0.1) is 0 Å². The molecule has 1 atom stereocenters. The molecule has 0 saturated carbocycles. The third kappa shape index (κ3) is 2.25. The van der Waals surface area contributed by atoms with Gasteiger partial charge in [-0.1, -0.05) is 24.3 Å². The van der Waals surface area contributed by atoms with Gasteiger partial charge in [-0.25, -0.2) is 0 Å². The van der Waals surface area contributed by atoms with E-state index in [1.807, 2.05) is 19.1 Å². The standard InChI is InChI=1S/C12H18O4/c1-9-4-2-3-5-10(9)11(16)12(6-13,7-14)8-15/h2-5,11,13-16H,6-8H2,1H3. The average Bonchev–Trinajstić information content (AvgIpc) is 2.32. The first-order valence-electron chi connectivity index (χ1n) is 5.17. The quantitative estimate of drug-likeness (QED) is 0.569. The fourth-order valence-electron chi connectivity index (χ4n) is 1.63. The summed E-state index contributed by atoms with van der Waals surface area (Å²) in [7, 11) is 0. The summed E-state index contributed by atoms with van der Waals surface area (Å²) < 4.78 is 0. The molecule has 1 unspecified atom stereocenters. The van der Waals surface area contributed by atoms with Crippen LogP contribution in [0.2, 0.25) is 0 Å². The van der Waals surface area contributed by atoms with Gasteiger partial charge in [0, 0.05) is 0 Å². The van der Waals surface area contributed by atoms with Gasteiger partial charge >= 0.3 is 0 Å². The summed E-state index contributed by atoms with van der Waals surface area (Å²) in [5.41, 5.74) is 0.168. The largest absolute Gasteiger partial charge is 0.395 e. The third-order valence-corrected chi connectivity index (χ3v) is 3.01. The van der Waals surface area contributed by atoms with E-state index in [9.17, 15) is 20.4 Å². The van der Waals surface area contributed by atoms with Crippen LogP contribution >= 0.6 is 0 Å². The number of aliphatic hydroxyl groups excluding tert-OH is 4. The Kier molecular flexibility index (Phi) is 4.44. The van der Waals surface area contributed by atoms with Crippen LogP contribution in [0.15, 0.2) is 24.3 Å². The molecule has 0 aliphatic heterocycles. The van der Waals surface area contributed by atoms with Gasteiger partial charge in [-0.3, -0.25) is 0 Å². The Bertz CT molecular complexity index is 325. The Morgan fingerprint density at radius 3 is 2.00 bits per heavy atom. The first-order valence-corrected chi connectivity index (χ1v) is 5.17. The molecular weight excluding hydrogens is 208 g/mol. The van der Waals surface area contributed by atoms with Gasteiger partial charge in [0.25, 0.3) is 0 Å². The highest BCUT2D eigenvalue weighted by Crippen LogP contribution is 2.34. The molecule has 0 aliphatic rings. The highest BCUT2D eigenvalue weighted by molar-refractivity contribution is 5.29. The van der Waals surface area contributed by atoms with Crippen molar-refractivity contribution < 1.29 is 20.4 Å². The second-order valence-corrected chi connectivity index (χ2v) is 4.10. The van der Waals surface area contributed by atoms with Crippen molar-refractivity contribution in [2.75, 3.05) is 19.8 Å². The van der Waals surface area contributed by atoms with E-state index in [1.165, 1.54) is 0 Å². The Labute approximate surface area is 94.8 Å². The maximum atomic E-state index is 10.1. The number of aryl methyl sites for hydroxylation is 1. The number of hydrogen-bond acceptors (Lipinski definition) is 4. The molecule has 0 amide bonds. The zero-order chi connectivity index (χ0) is 12.2. The number of rotatable bonds is 5. The van der Waals surface area contributed by atoms with Gasteiger partial charge < -0.3 is 20.4 Å². The van der Waals surface area contributed by atoms with Gasteiger partial charge in [0.1, 0.15) is 0 Å². The normalized spacial score (nSPS) is 13.8. The van der Waals surface area contributed by atoms with Crippen LogP contribution in [0, 0.1) is 12.3 Å². The molecule has 0 bridgehead atoms. The van der Waals surface area contributed by atoms with Crippen LogP contribution in [0.25, 0.3) is 0 Å². The molecule has 4 heteroatoms. The van der Waals surface area contributed by atoms with Crippen LogP contribution in [0.3, 0.4) is 0 Å². The van der Waals surface area contributed by atoms with Crippen LogP contribution in [0.1, 0.15) is 17.2 Å². The van der Waals surface area contributed by atoms with Crippen molar-refractivity contribution in [1.29, 1.82) is 0 Å². The van der Waals surface area contributed by atoms with E-state index in [4.69, 9.17) is 0 Å². The summed E-state index contributed by atoms with van der Waals surface area (Å²) in [5, 5.41) is 37.8. The van der Waals surface area contributed by atoms with Crippen molar-refractivity contribution in [3.8, 4) is 0 Å². The minimum atomic E-state index is -1.30. The molecule has 4 N–H and O–H groups in total. The molecule has 0 spiro atoms. The lowest BCUT2D eigenvalue weighted by atomic mass is 9.80. The third-order valence-electron chi connectivity index (χ3n) is 3.01. The molecule has 0 aromatic heterocycles. The zero-order valence-electron chi connectivity index (χ0n) is 9.30. The second kappa shape index (κ2) is 5.41. The number of benzene rings is 1. The molecule has 0 saturated heterocycles. The van der Waals surface area contributed by atoms with E-state index < -0.39 is 31.3 Å². The molecule has 1 rings (SSSR count). The van der Waals surface area contributed by atoms with Gasteiger partial charge in [0.2, 0.25) is 0 Å². The number of hydrogen-bond donors (Lipinski definition) is 4. The van der Waals surface area contributed by atoms with Gasteiger partial charge in [-0.2, -0.15) is 0 Å². The molecule has 16 heavy (non-hydrogen) atoms. The van der Waals surface area contributed by atoms with Crippen molar-refractivity contribution in [3.63, 3.8) is 0 Å². The molecule has 4 nitrogen and oxygen atoms in total. The van der Waals surface area contributed by atoms with Gasteiger partial charge in [0.15, 0.2) is 0 Å². The fraction of sp³-hybridized carbons (Fsp3) is 0.500. The minimum absolute atomic E-state index is 0.477. The second-order valence-electron chi connectivity index (χ2n) is 4.10. The van der Waals surface area contributed by atoms with Gasteiger partial charge in [-0.05, 0) is 18.1 Å². The lowest BCUT2D eigenvalue weighted by Gasteiger charge is -2.33. The summed E-state index contributed by atoms with van der Waals surface area (Å²) in [4.78, 5) is 0. The SMILES string of the molecule is Cc1ccccc1C(O)C(CO)(CO)CO. The van der Waals surface area contributed by atoms with Gasteiger partial charge in [0.05, 0.1) is 31.3 Å². The topological polar surface area (TPSA) is 80.9 Å². The molecule has 1 aromatic rings. The first kappa shape index (κ1) is 13.1. The highest BCUT2D eigenvalue weighted by atomic mass is 16.3. The van der Waals surface area contributed by atoms with E-state index in [0.717, 1.165) is 5.56 Å². The highest BCUT2D eigenvalue weighted by Gasteiger charge is 2.38. The average molecular weight is 226 g/mol. The van der Waals surface area contributed by atoms with Crippen molar-refractivity contribution in [2.45, 2.75) is 13.0 Å². The molecule has 0 radical (unpaired) electrons. The molecular formula is C12H18O4. The predicted molar refractivity (Wildman–Crippen MR) is 59.8 cm³/mol. The molecule has 0 fully saturated rings. The van der Waals surface area contributed by atoms with Crippen LogP contribution < -0.4 is 0 Å². The summed E-state index contributed by atoms with van der Waals surface area (Å²) >= 11 is 0. The summed E-state index contributed by atoms with van der Waals surface area (Å²) in [6, 6.07) is 7.15. The van der Waals surface area contributed by atoms with Crippen molar-refractivity contribution in [3.05, 3.63) is 35.4 Å². The summed E-state index contributed by atoms with van der Waals surface area (Å²) in [6.45, 7) is 0.399. The Balaban J connectivity index is 3.08. The molecule has 0 heterocycles. The van der Waals surface area contributed by atoms with Crippen LogP contribution in [0.5, 0.6) is 0 Å². The van der Waals surface area contributed by atoms with Crippen molar-refractivity contribution >= 4 is 0 Å². The zero-order valence-corrected chi connectivity index (χ0v) is 9.30. The molecule has 1 aromatic carbocycles. The van der Waals surface area contributed by atoms with E-state index >= 15 is 0 Å². The fourth-order valence-corrected chi connectivity index (χ4v) is 1.63. The maximum Gasteiger partial charge on any atom is 0.0915 e. The molecule has 0 aliphatic carbocycles. The first-order chi connectivity index (χ1) is 7.61. The monoisotopic (exact) mass is 226 g/mol. The van der Waals surface area contributed by atoms with Crippen LogP contribution in [0.4, 0.5) is 0 Å². The number of aliphatic hydroxyl groups is 4. The van der Waals surface area contributed by atoms with E-state index in [2.05, 4.69) is 0 Å². The predicted octanol–water partition coefficient (Wildman–Crippen LogP) is -0.00828. The van der Waals surface area contributed by atoms with E-state index in [0.29, 0.717) is 5.56 Å². The lowest BCUT2D eigenvalue weighted by Crippen LogP contribution is -2.40. The summed E-state index contributed by atoms with van der Waals surface area (Å²) in [6.07, 6.45) is -1.09. The summed E-state index contributed by atoms with van der Waals surface area (Å²) in [5.74, 6) is 0. The lowest BCUT2D eigenvalue weighted by molar-refractivity contribution is -0.0854. The van der Waals surface area contributed by atoms with E-state index in [1.54, 1.807) is 12.1 Å². The van der Waals surface area contributed by atoms with Crippen molar-refractivity contribution in [2.24, 2.45) is 5.41 Å². The smallest absolute Gasteiger partial charge is 0.0915 e.